The first kappa shape index (κ1) is 25.4. The predicted molar refractivity (Wildman–Crippen MR) is 137 cm³/mol. The average Bonchev–Trinajstić information content (AvgIpc) is 3.48. The van der Waals surface area contributed by atoms with Gasteiger partial charge in [-0.1, -0.05) is 6.07 Å². The van der Waals surface area contributed by atoms with E-state index < -0.39 is 10.0 Å². The highest BCUT2D eigenvalue weighted by molar-refractivity contribution is 7.88. The topological polar surface area (TPSA) is 104 Å². The number of rotatable bonds is 12. The van der Waals surface area contributed by atoms with E-state index in [2.05, 4.69) is 25.7 Å². The summed E-state index contributed by atoms with van der Waals surface area (Å²) in [5.74, 6) is 1.34. The van der Waals surface area contributed by atoms with Crippen LogP contribution >= 0.6 is 0 Å². The molecule has 35 heavy (non-hydrogen) atoms. The van der Waals surface area contributed by atoms with E-state index >= 15 is 0 Å². The molecule has 1 aromatic carbocycles. The number of benzene rings is 1. The number of anilines is 2. The van der Waals surface area contributed by atoms with Gasteiger partial charge in [0.1, 0.15) is 12.4 Å². The molecule has 2 N–H and O–H groups in total. The van der Waals surface area contributed by atoms with Crippen LogP contribution in [0.5, 0.6) is 5.75 Å². The maximum Gasteiger partial charge on any atom is 0.247 e. The van der Waals surface area contributed by atoms with Gasteiger partial charge in [0.15, 0.2) is 5.65 Å². The lowest BCUT2D eigenvalue weighted by molar-refractivity contribution is 0.238. The van der Waals surface area contributed by atoms with E-state index in [1.54, 1.807) is 11.4 Å². The second-order valence-electron chi connectivity index (χ2n) is 8.93. The van der Waals surface area contributed by atoms with Gasteiger partial charge in [0.25, 0.3) is 0 Å². The number of aromatic nitrogens is 3. The van der Waals surface area contributed by atoms with E-state index in [9.17, 15) is 8.42 Å². The summed E-state index contributed by atoms with van der Waals surface area (Å²) in [5.41, 5.74) is 5.57. The molecule has 0 saturated carbocycles. The number of hydrogen-bond acceptors (Lipinski definition) is 8. The van der Waals surface area contributed by atoms with Gasteiger partial charge in [0, 0.05) is 36.9 Å². The molecule has 1 aliphatic heterocycles. The lowest BCUT2D eigenvalue weighted by atomic mass is 10.2. The highest BCUT2D eigenvalue weighted by atomic mass is 32.2. The molecule has 11 heteroatoms. The molecule has 0 aliphatic carbocycles. The van der Waals surface area contributed by atoms with Crippen molar-refractivity contribution in [2.75, 3.05) is 44.4 Å². The van der Waals surface area contributed by atoms with Gasteiger partial charge in [-0.15, -0.1) is 9.51 Å². The Bertz CT molecular complexity index is 1210. The third-order valence-electron chi connectivity index (χ3n) is 5.99. The number of ether oxygens (including phenoxy) is 1. The van der Waals surface area contributed by atoms with Gasteiger partial charge >= 0.3 is 0 Å². The fourth-order valence-corrected chi connectivity index (χ4v) is 5.10. The second-order valence-corrected chi connectivity index (χ2v) is 10.8. The van der Waals surface area contributed by atoms with Crippen LogP contribution in [0.2, 0.25) is 0 Å². The Balaban J connectivity index is 1.36. The Morgan fingerprint density at radius 2 is 1.89 bits per heavy atom. The van der Waals surface area contributed by atoms with Crippen molar-refractivity contribution in [1.82, 2.24) is 29.3 Å². The fraction of sp³-hybridized carbons (Fsp3) is 0.500. The molecule has 4 rings (SSSR count). The molecule has 3 heterocycles. The number of nitrogens with zero attached hydrogens (tertiary/aromatic N) is 5. The van der Waals surface area contributed by atoms with Crippen LogP contribution in [0.4, 0.5) is 11.6 Å². The van der Waals surface area contributed by atoms with E-state index in [1.807, 2.05) is 49.4 Å². The molecule has 1 saturated heterocycles. The Morgan fingerprint density at radius 3 is 2.57 bits per heavy atom. The molecule has 0 radical (unpaired) electrons. The summed E-state index contributed by atoms with van der Waals surface area (Å²) >= 11 is 0. The van der Waals surface area contributed by atoms with E-state index in [4.69, 9.17) is 4.74 Å². The summed E-state index contributed by atoms with van der Waals surface area (Å²) in [6.45, 7) is 8.10. The van der Waals surface area contributed by atoms with E-state index in [0.717, 1.165) is 29.3 Å². The van der Waals surface area contributed by atoms with Crippen LogP contribution in [0.3, 0.4) is 0 Å². The Morgan fingerprint density at radius 1 is 1.14 bits per heavy atom. The number of fused-ring (bicyclic) bond motifs is 1. The molecule has 0 bridgehead atoms. The predicted octanol–water partition coefficient (Wildman–Crippen LogP) is 2.66. The Kier molecular flexibility index (Phi) is 8.22. The molecule has 10 nitrogen and oxygen atoms in total. The number of likely N-dealkylation sites (tertiary alicyclic amines) is 1. The molecule has 0 amide bonds. The van der Waals surface area contributed by atoms with Gasteiger partial charge in [-0.2, -0.15) is 4.98 Å². The van der Waals surface area contributed by atoms with Crippen LogP contribution in [0, 0.1) is 0 Å². The van der Waals surface area contributed by atoms with E-state index in [0.29, 0.717) is 25.5 Å². The lowest BCUT2D eigenvalue weighted by Crippen LogP contribution is -2.47. The summed E-state index contributed by atoms with van der Waals surface area (Å²) < 4.78 is 32.7. The van der Waals surface area contributed by atoms with Crippen molar-refractivity contribution in [2.45, 2.75) is 39.2 Å². The number of hydrogen-bond donors (Lipinski definition) is 2. The van der Waals surface area contributed by atoms with Crippen molar-refractivity contribution in [1.29, 1.82) is 0 Å². The zero-order valence-corrected chi connectivity index (χ0v) is 21.5. The first-order valence-corrected chi connectivity index (χ1v) is 14.0. The molecule has 190 valence electrons. The highest BCUT2D eigenvalue weighted by Gasteiger charge is 2.18. The van der Waals surface area contributed by atoms with Gasteiger partial charge < -0.3 is 10.1 Å². The molecule has 3 aromatic rings. The Labute approximate surface area is 207 Å². The monoisotopic (exact) mass is 501 g/mol. The normalized spacial score (nSPS) is 15.7. The number of nitrogens with one attached hydrogen (secondary N) is 2. The lowest BCUT2D eigenvalue weighted by Gasteiger charge is -2.24. The molecular weight excluding hydrogens is 466 g/mol. The van der Waals surface area contributed by atoms with Crippen molar-refractivity contribution < 1.29 is 13.2 Å². The van der Waals surface area contributed by atoms with E-state index in [1.165, 1.54) is 36.6 Å². The molecular formula is C24H35N7O3S. The van der Waals surface area contributed by atoms with Crippen LogP contribution in [-0.4, -0.2) is 77.4 Å². The average molecular weight is 502 g/mol. The molecule has 1 aliphatic rings. The second kappa shape index (κ2) is 11.3. The number of pyridine rings is 1. The number of sulfonamides is 1. The van der Waals surface area contributed by atoms with Crippen LogP contribution in [0.15, 0.2) is 42.5 Å². The molecule has 2 aromatic heterocycles. The van der Waals surface area contributed by atoms with Crippen molar-refractivity contribution in [2.24, 2.45) is 0 Å². The minimum Gasteiger partial charge on any atom is -0.492 e. The summed E-state index contributed by atoms with van der Waals surface area (Å²) in [4.78, 5) is 7.02. The van der Waals surface area contributed by atoms with Crippen LogP contribution < -0.4 is 15.5 Å². The summed E-state index contributed by atoms with van der Waals surface area (Å²) in [5, 5.41) is 7.88. The van der Waals surface area contributed by atoms with Gasteiger partial charge in [0.05, 0.1) is 6.26 Å². The Hall–Kier alpha value is -2.73. The van der Waals surface area contributed by atoms with Crippen molar-refractivity contribution in [3.8, 4) is 5.75 Å². The summed E-state index contributed by atoms with van der Waals surface area (Å²) in [6, 6.07) is 13.5. The highest BCUT2D eigenvalue weighted by Crippen LogP contribution is 2.20. The molecule has 1 atom stereocenters. The first-order chi connectivity index (χ1) is 16.8. The third kappa shape index (κ3) is 6.91. The van der Waals surface area contributed by atoms with Gasteiger partial charge in [0.2, 0.25) is 16.0 Å². The van der Waals surface area contributed by atoms with Crippen LogP contribution in [-0.2, 0) is 16.4 Å². The first-order valence-electron chi connectivity index (χ1n) is 12.1. The van der Waals surface area contributed by atoms with Crippen molar-refractivity contribution >= 4 is 27.3 Å². The standard InChI is InChI=1S/C24H35N7O3S/c1-4-30(35(3,32)33)27-19(2)18-21-8-7-9-23-26-24(28-31(21)23)25-20-10-12-22(13-11-20)34-17-16-29-14-5-6-15-29/h7-13,19,27H,4-6,14-18H2,1-3H3,(H,25,28). The smallest absolute Gasteiger partial charge is 0.247 e. The maximum atomic E-state index is 11.9. The molecule has 0 spiro atoms. The number of hydrazine groups is 1. The fourth-order valence-electron chi connectivity index (χ4n) is 4.26. The van der Waals surface area contributed by atoms with Gasteiger partial charge in [-0.3, -0.25) is 4.90 Å². The van der Waals surface area contributed by atoms with Gasteiger partial charge in [-0.05, 0) is 76.2 Å². The SMILES string of the molecule is CCN(NC(C)Cc1cccc2nc(Nc3ccc(OCCN4CCCC4)cc3)nn12)S(C)(=O)=O. The minimum absolute atomic E-state index is 0.117. The van der Waals surface area contributed by atoms with Crippen molar-refractivity contribution in [3.63, 3.8) is 0 Å². The summed E-state index contributed by atoms with van der Waals surface area (Å²) in [7, 11) is -3.32. The maximum absolute atomic E-state index is 11.9. The quantitative estimate of drug-likeness (QED) is 0.365. The summed E-state index contributed by atoms with van der Waals surface area (Å²) in [6.07, 6.45) is 4.35. The van der Waals surface area contributed by atoms with Crippen LogP contribution in [0.1, 0.15) is 32.4 Å². The van der Waals surface area contributed by atoms with Crippen LogP contribution in [0.25, 0.3) is 5.65 Å². The molecule has 1 unspecified atom stereocenters. The zero-order chi connectivity index (χ0) is 24.8. The van der Waals surface area contributed by atoms with E-state index in [-0.39, 0.29) is 6.04 Å². The molecule has 1 fully saturated rings. The van der Waals surface area contributed by atoms with Crippen molar-refractivity contribution in [3.05, 3.63) is 48.2 Å². The minimum atomic E-state index is -3.32. The van der Waals surface area contributed by atoms with Gasteiger partial charge in [-0.25, -0.2) is 18.4 Å². The largest absolute Gasteiger partial charge is 0.492 e. The third-order valence-corrected chi connectivity index (χ3v) is 7.16. The zero-order valence-electron chi connectivity index (χ0n) is 20.6.